The number of nitrogens with zero attached hydrogens (tertiary/aromatic N) is 4. The normalized spacial score (nSPS) is 17.1. The molecule has 1 aromatic carbocycles. The van der Waals surface area contributed by atoms with Gasteiger partial charge in [-0.15, -0.1) is 0 Å². The minimum Gasteiger partial charge on any atom is -0.372 e. The zero-order valence-electron chi connectivity index (χ0n) is 15.7. The summed E-state index contributed by atoms with van der Waals surface area (Å²) in [5.74, 6) is 1.41. The van der Waals surface area contributed by atoms with Gasteiger partial charge in [0.05, 0.1) is 11.8 Å². The summed E-state index contributed by atoms with van der Waals surface area (Å²) in [5.41, 5.74) is 4.09. The molecule has 1 unspecified atom stereocenters. The van der Waals surface area contributed by atoms with Gasteiger partial charge in [-0.1, -0.05) is 17.3 Å². The molecule has 1 aliphatic carbocycles. The molecular formula is C20H22N4O3. The van der Waals surface area contributed by atoms with Crippen LogP contribution in [-0.4, -0.2) is 32.8 Å². The predicted molar refractivity (Wildman–Crippen MR) is 98.4 cm³/mol. The van der Waals surface area contributed by atoms with Gasteiger partial charge in [0.2, 0.25) is 5.82 Å². The van der Waals surface area contributed by atoms with E-state index in [9.17, 15) is 4.79 Å². The summed E-state index contributed by atoms with van der Waals surface area (Å²) in [6.07, 6.45) is 5.61. The minimum atomic E-state index is -0.233. The number of benzene rings is 1. The Morgan fingerprint density at radius 3 is 3.04 bits per heavy atom. The predicted octanol–water partition coefficient (Wildman–Crippen LogP) is 3.48. The lowest BCUT2D eigenvalue weighted by atomic mass is 9.93. The van der Waals surface area contributed by atoms with Gasteiger partial charge in [0.1, 0.15) is 6.10 Å². The van der Waals surface area contributed by atoms with Gasteiger partial charge in [0, 0.05) is 32.3 Å². The molecule has 0 N–H and O–H groups in total. The van der Waals surface area contributed by atoms with Crippen molar-refractivity contribution in [2.75, 3.05) is 7.11 Å². The van der Waals surface area contributed by atoms with Crippen molar-refractivity contribution < 1.29 is 14.1 Å². The molecule has 0 bridgehead atoms. The average Bonchev–Trinajstić information content (AvgIpc) is 3.40. The Kier molecular flexibility index (Phi) is 4.61. The van der Waals surface area contributed by atoms with Crippen molar-refractivity contribution in [1.29, 1.82) is 0 Å². The van der Waals surface area contributed by atoms with Crippen molar-refractivity contribution in [3.05, 3.63) is 53.2 Å². The van der Waals surface area contributed by atoms with E-state index in [2.05, 4.69) is 27.4 Å². The van der Waals surface area contributed by atoms with Gasteiger partial charge in [-0.05, 0) is 42.9 Å². The third-order valence-corrected chi connectivity index (χ3v) is 5.20. The van der Waals surface area contributed by atoms with Gasteiger partial charge in [0.25, 0.3) is 5.89 Å². The van der Waals surface area contributed by atoms with E-state index in [1.54, 1.807) is 24.2 Å². The number of hydrogen-bond acceptors (Lipinski definition) is 6. The van der Waals surface area contributed by atoms with Gasteiger partial charge in [0.15, 0.2) is 5.78 Å². The fraction of sp³-hybridized carbons (Fsp3) is 0.400. The summed E-state index contributed by atoms with van der Waals surface area (Å²) >= 11 is 0. The van der Waals surface area contributed by atoms with Crippen LogP contribution in [0, 0.1) is 0 Å². The highest BCUT2D eigenvalue weighted by molar-refractivity contribution is 5.96. The SMILES string of the molecule is COC(C)c1nc(-c2ccc3c(c2)CC[C@H]3CC(=O)c2cnn(C)c2)no1. The van der Waals surface area contributed by atoms with E-state index >= 15 is 0 Å². The minimum absolute atomic E-state index is 0.140. The molecule has 2 atom stereocenters. The smallest absolute Gasteiger partial charge is 0.255 e. The molecule has 4 rings (SSSR count). The van der Waals surface area contributed by atoms with Gasteiger partial charge in [-0.2, -0.15) is 10.1 Å². The first-order chi connectivity index (χ1) is 13.0. The van der Waals surface area contributed by atoms with Crippen LogP contribution in [0.15, 0.2) is 35.1 Å². The maximum absolute atomic E-state index is 12.5. The lowest BCUT2D eigenvalue weighted by Crippen LogP contribution is -2.04. The monoisotopic (exact) mass is 366 g/mol. The quantitative estimate of drug-likeness (QED) is 0.621. The first kappa shape index (κ1) is 17.6. The Hall–Kier alpha value is -2.80. The zero-order valence-corrected chi connectivity index (χ0v) is 15.7. The van der Waals surface area contributed by atoms with Crippen LogP contribution in [0.1, 0.15) is 59.2 Å². The van der Waals surface area contributed by atoms with Crippen LogP contribution in [0.5, 0.6) is 0 Å². The van der Waals surface area contributed by atoms with Crippen molar-refractivity contribution >= 4 is 5.78 Å². The second-order valence-electron chi connectivity index (χ2n) is 7.01. The summed E-state index contributed by atoms with van der Waals surface area (Å²) < 4.78 is 12.1. The number of methoxy groups -OCH3 is 1. The summed E-state index contributed by atoms with van der Waals surface area (Å²) in [6.45, 7) is 1.86. The van der Waals surface area contributed by atoms with Gasteiger partial charge in [-0.25, -0.2) is 0 Å². The molecule has 27 heavy (non-hydrogen) atoms. The van der Waals surface area contributed by atoms with Gasteiger partial charge >= 0.3 is 0 Å². The van der Waals surface area contributed by atoms with E-state index < -0.39 is 0 Å². The maximum Gasteiger partial charge on any atom is 0.255 e. The molecule has 1 aliphatic rings. The zero-order chi connectivity index (χ0) is 19.0. The molecule has 7 nitrogen and oxygen atoms in total. The van der Waals surface area contributed by atoms with Crippen molar-refractivity contribution in [2.24, 2.45) is 7.05 Å². The van der Waals surface area contributed by atoms with Crippen molar-refractivity contribution in [3.63, 3.8) is 0 Å². The number of rotatable bonds is 6. The fourth-order valence-electron chi connectivity index (χ4n) is 3.58. The molecule has 7 heteroatoms. The highest BCUT2D eigenvalue weighted by atomic mass is 16.5. The second-order valence-corrected chi connectivity index (χ2v) is 7.01. The number of carbonyl (C=O) groups is 1. The molecule has 140 valence electrons. The number of fused-ring (bicyclic) bond motifs is 1. The number of ether oxygens (including phenoxy) is 1. The molecule has 0 fully saturated rings. The lowest BCUT2D eigenvalue weighted by Gasteiger charge is -2.10. The van der Waals surface area contributed by atoms with Gasteiger partial charge < -0.3 is 9.26 Å². The summed E-state index contributed by atoms with van der Waals surface area (Å²) in [4.78, 5) is 16.9. The first-order valence-corrected chi connectivity index (χ1v) is 9.06. The Labute approximate surface area is 157 Å². The molecule has 0 spiro atoms. The van der Waals surface area contributed by atoms with E-state index in [0.29, 0.717) is 23.7 Å². The fourth-order valence-corrected chi connectivity index (χ4v) is 3.58. The van der Waals surface area contributed by atoms with Crippen LogP contribution in [0.3, 0.4) is 0 Å². The average molecular weight is 366 g/mol. The Morgan fingerprint density at radius 1 is 1.44 bits per heavy atom. The third kappa shape index (κ3) is 3.42. The van der Waals surface area contributed by atoms with E-state index in [0.717, 1.165) is 18.4 Å². The highest BCUT2D eigenvalue weighted by Gasteiger charge is 2.26. The van der Waals surface area contributed by atoms with E-state index in [1.165, 1.54) is 11.1 Å². The van der Waals surface area contributed by atoms with Crippen LogP contribution in [-0.2, 0) is 18.2 Å². The molecule has 0 amide bonds. The highest BCUT2D eigenvalue weighted by Crippen LogP contribution is 2.38. The molecule has 0 aliphatic heterocycles. The number of Topliss-reactive ketones (excluding diaryl/α,β-unsaturated/α-hetero) is 1. The van der Waals surface area contributed by atoms with E-state index in [4.69, 9.17) is 9.26 Å². The number of hydrogen-bond donors (Lipinski definition) is 0. The standard InChI is InChI=1S/C20H22N4O3/c1-12(26-3)20-22-19(23-27-20)15-6-7-17-13(8-15)4-5-14(17)9-18(25)16-10-21-24(2)11-16/h6-8,10-12,14H,4-5,9H2,1-3H3/t12?,14-/m0/s1. The van der Waals surface area contributed by atoms with Crippen LogP contribution in [0.2, 0.25) is 0 Å². The van der Waals surface area contributed by atoms with E-state index in [-0.39, 0.29) is 17.8 Å². The maximum atomic E-state index is 12.5. The number of aromatic nitrogens is 4. The van der Waals surface area contributed by atoms with Crippen LogP contribution in [0.4, 0.5) is 0 Å². The summed E-state index contributed by atoms with van der Waals surface area (Å²) in [5, 5.41) is 8.15. The van der Waals surface area contributed by atoms with Crippen molar-refractivity contribution in [2.45, 2.75) is 38.2 Å². The Balaban J connectivity index is 1.52. The van der Waals surface area contributed by atoms with Crippen molar-refractivity contribution in [1.82, 2.24) is 19.9 Å². The number of carbonyl (C=O) groups excluding carboxylic acids is 1. The molecular weight excluding hydrogens is 344 g/mol. The summed E-state index contributed by atoms with van der Waals surface area (Å²) in [6, 6.07) is 6.20. The van der Waals surface area contributed by atoms with Crippen LogP contribution in [0.25, 0.3) is 11.4 Å². The first-order valence-electron chi connectivity index (χ1n) is 9.06. The Morgan fingerprint density at radius 2 is 2.30 bits per heavy atom. The molecule has 2 heterocycles. The third-order valence-electron chi connectivity index (χ3n) is 5.20. The van der Waals surface area contributed by atoms with Crippen molar-refractivity contribution in [3.8, 4) is 11.4 Å². The molecule has 3 aromatic rings. The topological polar surface area (TPSA) is 83.0 Å². The Bertz CT molecular complexity index is 975. The summed E-state index contributed by atoms with van der Waals surface area (Å²) in [7, 11) is 3.43. The molecule has 0 saturated heterocycles. The number of ketones is 1. The molecule has 0 radical (unpaired) electrons. The molecule has 0 saturated carbocycles. The van der Waals surface area contributed by atoms with Crippen LogP contribution >= 0.6 is 0 Å². The second kappa shape index (κ2) is 7.08. The molecule has 2 aromatic heterocycles. The van der Waals surface area contributed by atoms with Crippen LogP contribution < -0.4 is 0 Å². The largest absolute Gasteiger partial charge is 0.372 e. The van der Waals surface area contributed by atoms with Gasteiger partial charge in [-0.3, -0.25) is 9.48 Å². The van der Waals surface area contributed by atoms with E-state index in [1.807, 2.05) is 20.0 Å². The number of aryl methyl sites for hydroxylation is 2. The lowest BCUT2D eigenvalue weighted by molar-refractivity contribution is 0.0886.